The van der Waals surface area contributed by atoms with Gasteiger partial charge in [0.15, 0.2) is 6.10 Å². The van der Waals surface area contributed by atoms with Gasteiger partial charge in [0.25, 0.3) is 0 Å². The molecule has 0 radical (unpaired) electrons. The molecule has 4 nitrogen and oxygen atoms in total. The first-order valence-electron chi connectivity index (χ1n) is 9.52. The van der Waals surface area contributed by atoms with Crippen LogP contribution in [0.15, 0.2) is 47.6 Å². The van der Waals surface area contributed by atoms with Crippen molar-refractivity contribution in [2.75, 3.05) is 6.54 Å². The van der Waals surface area contributed by atoms with E-state index < -0.39 is 0 Å². The number of amides is 1. The Balaban J connectivity index is 1.69. The van der Waals surface area contributed by atoms with Crippen LogP contribution in [0.1, 0.15) is 37.8 Å². The van der Waals surface area contributed by atoms with Crippen LogP contribution in [0.3, 0.4) is 0 Å². The van der Waals surface area contributed by atoms with Gasteiger partial charge in [-0.2, -0.15) is 0 Å². The Morgan fingerprint density at radius 3 is 2.66 bits per heavy atom. The van der Waals surface area contributed by atoms with Crippen LogP contribution >= 0.6 is 34.8 Å². The maximum absolute atomic E-state index is 12.8. The minimum atomic E-state index is -0.213. The minimum Gasteiger partial charge on any atom is -0.390 e. The zero-order valence-electron chi connectivity index (χ0n) is 16.4. The summed E-state index contributed by atoms with van der Waals surface area (Å²) in [5.74, 6) is 0.364. The second kappa shape index (κ2) is 9.84. The zero-order chi connectivity index (χ0) is 21.0. The Morgan fingerprint density at radius 2 is 1.97 bits per heavy atom. The summed E-state index contributed by atoms with van der Waals surface area (Å²) in [5, 5.41) is 5.84. The summed E-state index contributed by atoms with van der Waals surface area (Å²) in [7, 11) is 0. The Hall–Kier alpha value is -1.75. The molecule has 1 amide bonds. The molecular formula is C22H23Cl3N2O2. The van der Waals surface area contributed by atoms with E-state index in [4.69, 9.17) is 39.6 Å². The van der Waals surface area contributed by atoms with Crippen molar-refractivity contribution in [1.29, 1.82) is 0 Å². The monoisotopic (exact) mass is 452 g/mol. The lowest BCUT2D eigenvalue weighted by Crippen LogP contribution is -2.37. The molecule has 0 saturated carbocycles. The number of hydrogen-bond acceptors (Lipinski definition) is 3. The first-order valence-corrected chi connectivity index (χ1v) is 10.7. The van der Waals surface area contributed by atoms with Crippen molar-refractivity contribution < 1.29 is 9.63 Å². The van der Waals surface area contributed by atoms with Crippen LogP contribution in [0.5, 0.6) is 0 Å². The summed E-state index contributed by atoms with van der Waals surface area (Å²) in [5.41, 5.74) is 2.66. The van der Waals surface area contributed by atoms with Gasteiger partial charge in [-0.3, -0.25) is 4.79 Å². The smallest absolute Gasteiger partial charge is 0.223 e. The van der Waals surface area contributed by atoms with E-state index in [1.165, 1.54) is 0 Å². The molecule has 2 aromatic carbocycles. The number of halogens is 3. The fraction of sp³-hybridized carbons (Fsp3) is 0.364. The van der Waals surface area contributed by atoms with Gasteiger partial charge in [-0.1, -0.05) is 72.0 Å². The molecule has 29 heavy (non-hydrogen) atoms. The second-order valence-corrected chi connectivity index (χ2v) is 8.85. The molecule has 7 heteroatoms. The van der Waals surface area contributed by atoms with Crippen molar-refractivity contribution in [2.45, 2.75) is 39.3 Å². The van der Waals surface area contributed by atoms with E-state index in [1.54, 1.807) is 12.1 Å². The number of benzene rings is 2. The van der Waals surface area contributed by atoms with Crippen molar-refractivity contribution in [3.05, 3.63) is 68.7 Å². The van der Waals surface area contributed by atoms with Gasteiger partial charge < -0.3 is 9.74 Å². The van der Waals surface area contributed by atoms with Gasteiger partial charge in [0.1, 0.15) is 0 Å². The summed E-state index contributed by atoms with van der Waals surface area (Å²) in [6, 6.07) is 12.9. The highest BCUT2D eigenvalue weighted by atomic mass is 35.5. The summed E-state index contributed by atoms with van der Waals surface area (Å²) >= 11 is 18.2. The normalized spacial score (nSPS) is 15.9. The molecule has 1 heterocycles. The molecule has 1 aliphatic rings. The van der Waals surface area contributed by atoms with Gasteiger partial charge in [0, 0.05) is 30.0 Å². The van der Waals surface area contributed by atoms with E-state index in [-0.39, 0.29) is 17.9 Å². The third-order valence-electron chi connectivity index (χ3n) is 4.61. The summed E-state index contributed by atoms with van der Waals surface area (Å²) < 4.78 is 0. The second-order valence-electron chi connectivity index (χ2n) is 7.60. The molecule has 1 aliphatic heterocycles. The van der Waals surface area contributed by atoms with E-state index in [0.29, 0.717) is 41.0 Å². The lowest BCUT2D eigenvalue weighted by Gasteiger charge is -2.26. The third-order valence-corrected chi connectivity index (χ3v) is 5.58. The number of carbonyl (C=O) groups is 1. The van der Waals surface area contributed by atoms with Crippen LogP contribution < -0.4 is 0 Å². The molecule has 0 spiro atoms. The Kier molecular flexibility index (Phi) is 7.44. The lowest BCUT2D eigenvalue weighted by atomic mass is 10.0. The van der Waals surface area contributed by atoms with Crippen LogP contribution in [0, 0.1) is 5.92 Å². The molecule has 0 bridgehead atoms. The van der Waals surface area contributed by atoms with E-state index in [9.17, 15) is 4.79 Å². The standard InChI is InChI=1S/C22H23Cl3N2O2/c1-14(2)8-22(28)27(12-15-4-3-5-17(23)9-15)13-18-11-21(26-29-18)16-6-7-19(24)20(25)10-16/h3-7,9-10,14,18H,8,11-13H2,1-2H3/t18-/m0/s1. The number of oxime groups is 1. The largest absolute Gasteiger partial charge is 0.390 e. The summed E-state index contributed by atoms with van der Waals surface area (Å²) in [4.78, 5) is 20.3. The molecular weight excluding hydrogens is 431 g/mol. The quantitative estimate of drug-likeness (QED) is 0.500. The Bertz CT molecular complexity index is 915. The number of nitrogens with zero attached hydrogens (tertiary/aromatic N) is 2. The van der Waals surface area contributed by atoms with Crippen molar-refractivity contribution in [1.82, 2.24) is 4.90 Å². The predicted molar refractivity (Wildman–Crippen MR) is 119 cm³/mol. The molecule has 154 valence electrons. The van der Waals surface area contributed by atoms with E-state index in [1.807, 2.05) is 49.1 Å². The number of rotatable bonds is 7. The van der Waals surface area contributed by atoms with Crippen LogP contribution in [-0.4, -0.2) is 29.2 Å². The van der Waals surface area contributed by atoms with Crippen molar-refractivity contribution in [3.63, 3.8) is 0 Å². The zero-order valence-corrected chi connectivity index (χ0v) is 18.6. The fourth-order valence-electron chi connectivity index (χ4n) is 3.21. The van der Waals surface area contributed by atoms with Crippen molar-refractivity contribution >= 4 is 46.4 Å². The van der Waals surface area contributed by atoms with Crippen LogP contribution in [-0.2, 0) is 16.2 Å². The predicted octanol–water partition coefficient (Wildman–Crippen LogP) is 6.21. The van der Waals surface area contributed by atoms with Gasteiger partial charge in [0.2, 0.25) is 5.91 Å². The van der Waals surface area contributed by atoms with E-state index in [0.717, 1.165) is 16.8 Å². The van der Waals surface area contributed by atoms with E-state index >= 15 is 0 Å². The molecule has 0 N–H and O–H groups in total. The molecule has 3 rings (SSSR count). The van der Waals surface area contributed by atoms with Crippen molar-refractivity contribution in [3.8, 4) is 0 Å². The molecule has 1 atom stereocenters. The summed E-state index contributed by atoms with van der Waals surface area (Å²) in [6.45, 7) is 5.00. The SMILES string of the molecule is CC(C)CC(=O)N(Cc1cccc(Cl)c1)C[C@@H]1CC(c2ccc(Cl)c(Cl)c2)=NO1. The lowest BCUT2D eigenvalue weighted by molar-refractivity contribution is -0.134. The van der Waals surface area contributed by atoms with Gasteiger partial charge in [-0.25, -0.2) is 0 Å². The molecule has 0 fully saturated rings. The van der Waals surface area contributed by atoms with Crippen LogP contribution in [0.4, 0.5) is 0 Å². The highest BCUT2D eigenvalue weighted by molar-refractivity contribution is 6.42. The van der Waals surface area contributed by atoms with Crippen LogP contribution in [0.2, 0.25) is 15.1 Å². The molecule has 2 aromatic rings. The van der Waals surface area contributed by atoms with Gasteiger partial charge in [0.05, 0.1) is 22.3 Å². The van der Waals surface area contributed by atoms with Crippen LogP contribution in [0.25, 0.3) is 0 Å². The first-order chi connectivity index (χ1) is 13.8. The topological polar surface area (TPSA) is 41.9 Å². The average molecular weight is 454 g/mol. The highest BCUT2D eigenvalue weighted by Gasteiger charge is 2.27. The Labute approximate surface area is 186 Å². The Morgan fingerprint density at radius 1 is 1.17 bits per heavy atom. The molecule has 0 aliphatic carbocycles. The maximum atomic E-state index is 12.8. The van der Waals surface area contributed by atoms with Crippen molar-refractivity contribution in [2.24, 2.45) is 11.1 Å². The molecule has 0 saturated heterocycles. The van der Waals surface area contributed by atoms with Gasteiger partial charge in [-0.05, 0) is 35.7 Å². The minimum absolute atomic E-state index is 0.0894. The van der Waals surface area contributed by atoms with Gasteiger partial charge >= 0.3 is 0 Å². The maximum Gasteiger partial charge on any atom is 0.223 e. The molecule has 0 unspecified atom stereocenters. The highest BCUT2D eigenvalue weighted by Crippen LogP contribution is 2.26. The molecule has 0 aromatic heterocycles. The third kappa shape index (κ3) is 6.11. The number of hydrogen-bond donors (Lipinski definition) is 0. The number of carbonyl (C=O) groups excluding carboxylic acids is 1. The van der Waals surface area contributed by atoms with Gasteiger partial charge in [-0.15, -0.1) is 0 Å². The summed E-state index contributed by atoms with van der Waals surface area (Å²) in [6.07, 6.45) is 0.863. The fourth-order valence-corrected chi connectivity index (χ4v) is 3.72. The van der Waals surface area contributed by atoms with E-state index in [2.05, 4.69) is 5.16 Å². The average Bonchev–Trinajstić information content (AvgIpc) is 3.11. The first kappa shape index (κ1) is 21.9.